The van der Waals surface area contributed by atoms with E-state index in [1.807, 2.05) is 41.8 Å². The van der Waals surface area contributed by atoms with E-state index in [4.69, 9.17) is 4.74 Å². The van der Waals surface area contributed by atoms with E-state index in [0.717, 1.165) is 24.3 Å². The predicted molar refractivity (Wildman–Crippen MR) is 79.1 cm³/mol. The van der Waals surface area contributed by atoms with Gasteiger partial charge in [0.2, 0.25) is 0 Å². The number of unbranched alkanes of at least 4 members (excludes halogenated alkanes) is 1. The number of anilines is 1. The molecule has 1 aromatic heterocycles. The van der Waals surface area contributed by atoms with Gasteiger partial charge in [-0.25, -0.2) is 0 Å². The maximum atomic E-state index is 11.9. The van der Waals surface area contributed by atoms with Crippen LogP contribution in [0.2, 0.25) is 0 Å². The number of carbonyl (C=O) groups is 1. The molecule has 0 saturated carbocycles. The zero-order valence-corrected chi connectivity index (χ0v) is 11.7. The molecule has 0 aliphatic heterocycles. The lowest BCUT2D eigenvalue weighted by atomic mass is 10.3. The third kappa shape index (κ3) is 4.10. The Morgan fingerprint density at radius 3 is 2.95 bits per heavy atom. The van der Waals surface area contributed by atoms with Crippen LogP contribution in [0.5, 0.6) is 5.75 Å². The van der Waals surface area contributed by atoms with Gasteiger partial charge in [-0.15, -0.1) is 11.3 Å². The van der Waals surface area contributed by atoms with Gasteiger partial charge in [0.25, 0.3) is 5.91 Å². The van der Waals surface area contributed by atoms with E-state index >= 15 is 0 Å². The van der Waals surface area contributed by atoms with Gasteiger partial charge in [0, 0.05) is 11.8 Å². The maximum absolute atomic E-state index is 11.9. The minimum absolute atomic E-state index is 0.0827. The summed E-state index contributed by atoms with van der Waals surface area (Å²) in [7, 11) is 0. The van der Waals surface area contributed by atoms with Crippen LogP contribution in [0.4, 0.5) is 5.69 Å². The average molecular weight is 275 g/mol. The van der Waals surface area contributed by atoms with Crippen molar-refractivity contribution in [3.63, 3.8) is 0 Å². The first-order chi connectivity index (χ1) is 9.29. The third-order valence-electron chi connectivity index (χ3n) is 2.60. The molecule has 2 aromatic rings. The van der Waals surface area contributed by atoms with Crippen molar-refractivity contribution in [3.8, 4) is 5.75 Å². The monoisotopic (exact) mass is 275 g/mol. The van der Waals surface area contributed by atoms with Crippen molar-refractivity contribution in [1.82, 2.24) is 0 Å². The smallest absolute Gasteiger partial charge is 0.265 e. The Balaban J connectivity index is 1.97. The minimum Gasteiger partial charge on any atom is -0.494 e. The molecule has 0 radical (unpaired) electrons. The van der Waals surface area contributed by atoms with Crippen LogP contribution in [0.15, 0.2) is 41.8 Å². The predicted octanol–water partition coefficient (Wildman–Crippen LogP) is 4.18. The molecule has 19 heavy (non-hydrogen) atoms. The summed E-state index contributed by atoms with van der Waals surface area (Å²) in [4.78, 5) is 12.6. The highest BCUT2D eigenvalue weighted by Crippen LogP contribution is 2.19. The summed E-state index contributed by atoms with van der Waals surface area (Å²) in [6.07, 6.45) is 2.14. The Hall–Kier alpha value is -1.81. The van der Waals surface area contributed by atoms with E-state index < -0.39 is 0 Å². The van der Waals surface area contributed by atoms with Gasteiger partial charge in [0.05, 0.1) is 11.5 Å². The molecular weight excluding hydrogens is 258 g/mol. The fraction of sp³-hybridized carbons (Fsp3) is 0.267. The molecule has 1 aromatic carbocycles. The molecule has 0 saturated heterocycles. The summed E-state index contributed by atoms with van der Waals surface area (Å²) in [6, 6.07) is 11.2. The highest BCUT2D eigenvalue weighted by Gasteiger charge is 2.07. The first-order valence-corrected chi connectivity index (χ1v) is 7.25. The number of hydrogen-bond acceptors (Lipinski definition) is 3. The summed E-state index contributed by atoms with van der Waals surface area (Å²) in [6.45, 7) is 2.83. The Morgan fingerprint density at radius 2 is 2.21 bits per heavy atom. The fourth-order valence-electron chi connectivity index (χ4n) is 1.60. The Labute approximate surface area is 117 Å². The number of rotatable bonds is 6. The minimum atomic E-state index is -0.0827. The van der Waals surface area contributed by atoms with Gasteiger partial charge < -0.3 is 10.1 Å². The van der Waals surface area contributed by atoms with Crippen LogP contribution in [0.25, 0.3) is 0 Å². The molecule has 3 nitrogen and oxygen atoms in total. The van der Waals surface area contributed by atoms with Gasteiger partial charge in [0.15, 0.2) is 0 Å². The largest absolute Gasteiger partial charge is 0.494 e. The number of amides is 1. The molecule has 0 spiro atoms. The normalized spacial score (nSPS) is 10.2. The van der Waals surface area contributed by atoms with Crippen LogP contribution in [0.3, 0.4) is 0 Å². The molecule has 0 fully saturated rings. The van der Waals surface area contributed by atoms with Gasteiger partial charge in [-0.2, -0.15) is 0 Å². The zero-order valence-electron chi connectivity index (χ0n) is 10.9. The van der Waals surface area contributed by atoms with Crippen LogP contribution in [0.1, 0.15) is 29.4 Å². The number of hydrogen-bond donors (Lipinski definition) is 1. The molecule has 0 bridgehead atoms. The summed E-state index contributed by atoms with van der Waals surface area (Å²) >= 11 is 1.43. The third-order valence-corrected chi connectivity index (χ3v) is 3.47. The average Bonchev–Trinajstić information content (AvgIpc) is 2.93. The van der Waals surface area contributed by atoms with Crippen molar-refractivity contribution in [2.45, 2.75) is 19.8 Å². The second kappa shape index (κ2) is 6.95. The molecule has 0 aliphatic rings. The van der Waals surface area contributed by atoms with Gasteiger partial charge >= 0.3 is 0 Å². The summed E-state index contributed by atoms with van der Waals surface area (Å²) in [5.41, 5.74) is 0.757. The summed E-state index contributed by atoms with van der Waals surface area (Å²) in [5, 5.41) is 4.75. The van der Waals surface area contributed by atoms with Gasteiger partial charge in [-0.1, -0.05) is 25.5 Å². The molecule has 0 unspecified atom stereocenters. The summed E-state index contributed by atoms with van der Waals surface area (Å²) < 4.78 is 5.61. The van der Waals surface area contributed by atoms with E-state index in [1.165, 1.54) is 11.3 Å². The van der Waals surface area contributed by atoms with Gasteiger partial charge in [0.1, 0.15) is 5.75 Å². The van der Waals surface area contributed by atoms with Gasteiger partial charge in [-0.3, -0.25) is 4.79 Å². The molecule has 1 amide bonds. The van der Waals surface area contributed by atoms with E-state index in [9.17, 15) is 4.79 Å². The van der Waals surface area contributed by atoms with E-state index in [-0.39, 0.29) is 5.91 Å². The van der Waals surface area contributed by atoms with E-state index in [2.05, 4.69) is 12.2 Å². The Kier molecular flexibility index (Phi) is 4.98. The number of ether oxygens (including phenoxy) is 1. The number of benzene rings is 1. The second-order valence-electron chi connectivity index (χ2n) is 4.16. The second-order valence-corrected chi connectivity index (χ2v) is 5.11. The number of nitrogens with one attached hydrogen (secondary N) is 1. The van der Waals surface area contributed by atoms with Gasteiger partial charge in [-0.05, 0) is 30.0 Å². The lowest BCUT2D eigenvalue weighted by Crippen LogP contribution is -2.10. The molecule has 4 heteroatoms. The lowest BCUT2D eigenvalue weighted by Gasteiger charge is -2.08. The zero-order chi connectivity index (χ0) is 13.5. The quantitative estimate of drug-likeness (QED) is 0.803. The van der Waals surface area contributed by atoms with E-state index in [0.29, 0.717) is 11.5 Å². The van der Waals surface area contributed by atoms with Crippen LogP contribution in [0, 0.1) is 0 Å². The number of thiophene rings is 1. The van der Waals surface area contributed by atoms with Crippen molar-refractivity contribution >= 4 is 22.9 Å². The van der Waals surface area contributed by atoms with Crippen LogP contribution >= 0.6 is 11.3 Å². The first-order valence-electron chi connectivity index (χ1n) is 6.37. The standard InChI is InChI=1S/C15H17NO2S/c1-2-3-9-18-13-7-4-6-12(11-13)16-15(17)14-8-5-10-19-14/h4-8,10-11H,2-3,9H2,1H3,(H,16,17). The van der Waals surface area contributed by atoms with Crippen LogP contribution in [-0.2, 0) is 0 Å². The molecule has 100 valence electrons. The van der Waals surface area contributed by atoms with Crippen molar-refractivity contribution in [2.75, 3.05) is 11.9 Å². The van der Waals surface area contributed by atoms with Crippen LogP contribution in [-0.4, -0.2) is 12.5 Å². The van der Waals surface area contributed by atoms with Crippen LogP contribution < -0.4 is 10.1 Å². The number of carbonyl (C=O) groups excluding carboxylic acids is 1. The molecular formula is C15H17NO2S. The maximum Gasteiger partial charge on any atom is 0.265 e. The first kappa shape index (κ1) is 13.6. The van der Waals surface area contributed by atoms with Crippen molar-refractivity contribution in [2.24, 2.45) is 0 Å². The molecule has 1 heterocycles. The molecule has 1 N–H and O–H groups in total. The van der Waals surface area contributed by atoms with Crippen molar-refractivity contribution < 1.29 is 9.53 Å². The molecule has 2 rings (SSSR count). The molecule has 0 aliphatic carbocycles. The molecule has 0 atom stereocenters. The summed E-state index contributed by atoms with van der Waals surface area (Å²) in [5.74, 6) is 0.707. The topological polar surface area (TPSA) is 38.3 Å². The lowest BCUT2D eigenvalue weighted by molar-refractivity contribution is 0.103. The Bertz CT molecular complexity index is 523. The highest BCUT2D eigenvalue weighted by atomic mass is 32.1. The highest BCUT2D eigenvalue weighted by molar-refractivity contribution is 7.12. The van der Waals surface area contributed by atoms with Crippen molar-refractivity contribution in [1.29, 1.82) is 0 Å². The Morgan fingerprint density at radius 1 is 1.32 bits per heavy atom. The fourth-order valence-corrected chi connectivity index (χ4v) is 2.22. The van der Waals surface area contributed by atoms with Crippen molar-refractivity contribution in [3.05, 3.63) is 46.7 Å². The van der Waals surface area contributed by atoms with E-state index in [1.54, 1.807) is 0 Å². The SMILES string of the molecule is CCCCOc1cccc(NC(=O)c2cccs2)c1.